The van der Waals surface area contributed by atoms with Crippen molar-refractivity contribution < 1.29 is 9.16 Å². The zero-order valence-corrected chi connectivity index (χ0v) is 13.3. The molecule has 1 atom stereocenters. The lowest BCUT2D eigenvalue weighted by molar-refractivity contribution is -0.00927. The van der Waals surface area contributed by atoms with Gasteiger partial charge in [-0.15, -0.1) is 0 Å². The Morgan fingerprint density at radius 2 is 1.95 bits per heavy atom. The molecule has 0 fully saturated rings. The number of nitrogens with one attached hydrogen (secondary N) is 2. The van der Waals surface area contributed by atoms with E-state index in [1.54, 1.807) is 0 Å². The third-order valence-corrected chi connectivity index (χ3v) is 3.75. The second-order valence-electron chi connectivity index (χ2n) is 4.90. The summed E-state index contributed by atoms with van der Waals surface area (Å²) in [6.45, 7) is 6.07. The smallest absolute Gasteiger partial charge is 0.247 e. The van der Waals surface area contributed by atoms with E-state index in [0.29, 0.717) is 0 Å². The van der Waals surface area contributed by atoms with Crippen molar-refractivity contribution in [3.05, 3.63) is 18.2 Å². The third-order valence-electron chi connectivity index (χ3n) is 3.22. The molecular weight excluding hydrogens is 256 g/mol. The Balaban J connectivity index is 3.04. The molecule has 1 rings (SSSR count). The molecule has 0 amide bonds. The highest BCUT2D eigenvalue weighted by Gasteiger charge is 2.30. The maximum absolute atomic E-state index is 6.13. The molecule has 0 saturated carbocycles. The van der Waals surface area contributed by atoms with E-state index in [4.69, 9.17) is 9.16 Å². The predicted octanol–water partition coefficient (Wildman–Crippen LogP) is 2.81. The molecule has 0 heterocycles. The molecule has 3 radical (unpaired) electrons. The minimum absolute atomic E-state index is 0.0517. The highest BCUT2D eigenvalue weighted by atomic mass is 28.2. The fraction of sp³-hybridized carbons (Fsp3) is 0.571. The monoisotopic (exact) mass is 279 g/mol. The summed E-state index contributed by atoms with van der Waals surface area (Å²) in [6, 6.07) is 5.93. The van der Waals surface area contributed by atoms with E-state index in [1.807, 2.05) is 46.1 Å². The molecule has 0 aliphatic carbocycles. The molecule has 1 aromatic rings. The number of anilines is 2. The van der Waals surface area contributed by atoms with Gasteiger partial charge in [0.1, 0.15) is 17.5 Å². The van der Waals surface area contributed by atoms with Crippen LogP contribution in [0.25, 0.3) is 0 Å². The van der Waals surface area contributed by atoms with Gasteiger partial charge in [0.05, 0.1) is 11.3 Å². The summed E-state index contributed by atoms with van der Waals surface area (Å²) in [5, 5.41) is 6.32. The Kier molecular flexibility index (Phi) is 5.69. The summed E-state index contributed by atoms with van der Waals surface area (Å²) in [6.07, 6.45) is 0.800. The van der Waals surface area contributed by atoms with E-state index in [2.05, 4.69) is 28.0 Å². The molecule has 0 saturated heterocycles. The zero-order chi connectivity index (χ0) is 14.5. The van der Waals surface area contributed by atoms with Gasteiger partial charge in [-0.3, -0.25) is 0 Å². The molecule has 1 aromatic carbocycles. The van der Waals surface area contributed by atoms with Crippen molar-refractivity contribution in [2.75, 3.05) is 24.7 Å². The van der Waals surface area contributed by atoms with Crippen LogP contribution in [0.15, 0.2) is 18.2 Å². The predicted molar refractivity (Wildman–Crippen MR) is 81.2 cm³/mol. The summed E-state index contributed by atoms with van der Waals surface area (Å²) in [5.74, 6) is 0.818. The normalized spacial score (nSPS) is 12.9. The molecule has 19 heavy (non-hydrogen) atoms. The van der Waals surface area contributed by atoms with Crippen molar-refractivity contribution in [3.8, 4) is 5.75 Å². The summed E-state index contributed by atoms with van der Waals surface area (Å²) in [4.78, 5) is 0. The Morgan fingerprint density at radius 1 is 1.26 bits per heavy atom. The molecule has 0 spiro atoms. The summed E-state index contributed by atoms with van der Waals surface area (Å²) < 4.78 is 11.5. The summed E-state index contributed by atoms with van der Waals surface area (Å²) in [7, 11) is 6.91. The molecule has 0 aromatic heterocycles. The first-order valence-corrected chi connectivity index (χ1v) is 6.90. The van der Waals surface area contributed by atoms with Crippen molar-refractivity contribution in [1.29, 1.82) is 0 Å². The lowest BCUT2D eigenvalue weighted by Gasteiger charge is -2.33. The maximum atomic E-state index is 6.13. The SMILES string of the molecule is CCC(Oc1cccc(NC)c1NC)C(C)(C)O[Si]. The minimum Gasteiger partial charge on any atom is -0.485 e. The Hall–Kier alpha value is -1.20. The van der Waals surface area contributed by atoms with Gasteiger partial charge in [0, 0.05) is 14.1 Å². The number of hydrogen-bond donors (Lipinski definition) is 2. The highest BCUT2D eigenvalue weighted by molar-refractivity contribution is 5.98. The Morgan fingerprint density at radius 3 is 2.42 bits per heavy atom. The van der Waals surface area contributed by atoms with Crippen LogP contribution in [-0.2, 0) is 4.43 Å². The van der Waals surface area contributed by atoms with Crippen molar-refractivity contribution in [3.63, 3.8) is 0 Å². The van der Waals surface area contributed by atoms with Crippen LogP contribution in [0.5, 0.6) is 5.75 Å². The van der Waals surface area contributed by atoms with Crippen LogP contribution < -0.4 is 15.4 Å². The number of hydrogen-bond acceptors (Lipinski definition) is 4. The van der Waals surface area contributed by atoms with E-state index in [1.165, 1.54) is 0 Å². The van der Waals surface area contributed by atoms with E-state index in [-0.39, 0.29) is 6.10 Å². The van der Waals surface area contributed by atoms with Gasteiger partial charge in [0.2, 0.25) is 10.5 Å². The van der Waals surface area contributed by atoms with Gasteiger partial charge in [0.15, 0.2) is 0 Å². The number of ether oxygens (including phenoxy) is 1. The molecule has 4 nitrogen and oxygen atoms in total. The van der Waals surface area contributed by atoms with Crippen molar-refractivity contribution in [1.82, 2.24) is 0 Å². The average Bonchev–Trinajstić information content (AvgIpc) is 2.43. The largest absolute Gasteiger partial charge is 0.485 e. The lowest BCUT2D eigenvalue weighted by Crippen LogP contribution is -2.42. The topological polar surface area (TPSA) is 42.5 Å². The van der Waals surface area contributed by atoms with Crippen LogP contribution in [0.1, 0.15) is 27.2 Å². The number of rotatable bonds is 7. The third kappa shape index (κ3) is 3.64. The van der Waals surface area contributed by atoms with Gasteiger partial charge < -0.3 is 19.8 Å². The van der Waals surface area contributed by atoms with Gasteiger partial charge in [0.25, 0.3) is 0 Å². The highest BCUT2D eigenvalue weighted by Crippen LogP contribution is 2.34. The first-order valence-electron chi connectivity index (χ1n) is 6.50. The van der Waals surface area contributed by atoms with Crippen LogP contribution in [0, 0.1) is 0 Å². The molecule has 1 unspecified atom stereocenters. The zero-order valence-electron chi connectivity index (χ0n) is 12.3. The number of para-hydroxylation sites is 1. The van der Waals surface area contributed by atoms with Crippen LogP contribution in [0.4, 0.5) is 11.4 Å². The summed E-state index contributed by atoms with van der Waals surface area (Å²) >= 11 is 0. The minimum atomic E-state index is -0.410. The van der Waals surface area contributed by atoms with Crippen molar-refractivity contribution in [2.24, 2.45) is 0 Å². The van der Waals surface area contributed by atoms with E-state index in [9.17, 15) is 0 Å². The van der Waals surface area contributed by atoms with Crippen molar-refractivity contribution >= 4 is 21.9 Å². The van der Waals surface area contributed by atoms with E-state index < -0.39 is 5.60 Å². The number of benzene rings is 1. The lowest BCUT2D eigenvalue weighted by atomic mass is 9.99. The quantitative estimate of drug-likeness (QED) is 0.753. The average molecular weight is 279 g/mol. The first kappa shape index (κ1) is 15.9. The summed E-state index contributed by atoms with van der Waals surface area (Å²) in [5.41, 5.74) is 1.55. The molecule has 5 heteroatoms. The maximum Gasteiger partial charge on any atom is 0.247 e. The molecule has 0 aliphatic heterocycles. The Labute approximate surface area is 119 Å². The van der Waals surface area contributed by atoms with E-state index >= 15 is 0 Å². The molecule has 0 aliphatic rings. The van der Waals surface area contributed by atoms with Gasteiger partial charge in [-0.05, 0) is 32.4 Å². The molecule has 2 N–H and O–H groups in total. The van der Waals surface area contributed by atoms with Gasteiger partial charge in [-0.25, -0.2) is 0 Å². The van der Waals surface area contributed by atoms with Crippen molar-refractivity contribution in [2.45, 2.75) is 38.9 Å². The van der Waals surface area contributed by atoms with E-state index in [0.717, 1.165) is 23.5 Å². The van der Waals surface area contributed by atoms with Crippen LogP contribution in [0.3, 0.4) is 0 Å². The Bertz CT molecular complexity index is 410. The molecule has 0 bridgehead atoms. The molecular formula is C14H23N2O2Si. The fourth-order valence-corrected chi connectivity index (χ4v) is 2.16. The molecule has 105 valence electrons. The van der Waals surface area contributed by atoms with Crippen LogP contribution in [-0.4, -0.2) is 36.3 Å². The van der Waals surface area contributed by atoms with Gasteiger partial charge in [-0.2, -0.15) is 0 Å². The second kappa shape index (κ2) is 6.82. The van der Waals surface area contributed by atoms with Crippen LogP contribution >= 0.6 is 0 Å². The first-order chi connectivity index (χ1) is 9.00. The standard InChI is InChI=1S/C14H23N2O2Si/c1-6-12(14(2,3)18-19)17-11-9-7-8-10(15-4)13(11)16-5/h7-9,12,15-16H,6H2,1-5H3. The van der Waals surface area contributed by atoms with Gasteiger partial charge >= 0.3 is 0 Å². The van der Waals surface area contributed by atoms with Crippen LogP contribution in [0.2, 0.25) is 0 Å². The second-order valence-corrected chi connectivity index (χ2v) is 5.10. The van der Waals surface area contributed by atoms with Gasteiger partial charge in [-0.1, -0.05) is 13.0 Å². The fourth-order valence-electron chi connectivity index (χ4n) is 2.03.